The van der Waals surface area contributed by atoms with Crippen LogP contribution >= 0.6 is 27.7 Å². The molecule has 36 heavy (non-hydrogen) atoms. The van der Waals surface area contributed by atoms with Crippen LogP contribution in [0.4, 0.5) is 0 Å². The number of nitrogens with zero attached hydrogens (tertiary/aromatic N) is 2. The molecule has 7 nitrogen and oxygen atoms in total. The second-order valence-electron chi connectivity index (χ2n) is 10.1. The van der Waals surface area contributed by atoms with E-state index < -0.39 is 34.6 Å². The Morgan fingerprint density at radius 1 is 1.33 bits per heavy atom. The van der Waals surface area contributed by atoms with E-state index in [0.717, 1.165) is 24.8 Å². The lowest BCUT2D eigenvalue weighted by molar-refractivity contribution is -0.149. The van der Waals surface area contributed by atoms with Gasteiger partial charge in [-0.1, -0.05) is 72.1 Å². The fourth-order valence-corrected chi connectivity index (χ4v) is 9.92. The summed E-state index contributed by atoms with van der Waals surface area (Å²) in [4.78, 5) is 44.0. The summed E-state index contributed by atoms with van der Waals surface area (Å²) in [6.45, 7) is 6.54. The number of amides is 2. The number of aliphatic carboxylic acids is 1. The standard InChI is InChI=1S/C27H35BrN2O5S/c1-3-5-9-13-29(12-4-2)25(33)23-27-15-19(28)22(36-27)20(26(34)35)21(27)24(32)30(23)18(16-31)14-17-10-7-6-8-11-17/h4,6-8,10-11,18-23,31H,2-3,5,9,12-16H2,1H3,(H,34,35)/t18-,19?,20-,21+,22-,23?,27?/m1/s1. The Morgan fingerprint density at radius 3 is 2.67 bits per heavy atom. The number of aliphatic hydroxyl groups excluding tert-OH is 1. The highest BCUT2D eigenvalue weighted by molar-refractivity contribution is 9.09. The van der Waals surface area contributed by atoms with Gasteiger partial charge in [-0.05, 0) is 24.8 Å². The fourth-order valence-electron chi connectivity index (χ4n) is 6.33. The van der Waals surface area contributed by atoms with Gasteiger partial charge in [0.25, 0.3) is 0 Å². The zero-order valence-electron chi connectivity index (χ0n) is 20.6. The SMILES string of the molecule is C=CCN(CCCCC)C(=O)C1N([C@@H](CO)Cc2ccccc2)C(=O)[C@@H]2[C@@H](C(=O)O)[C@@H]3SC12CC3Br. The molecule has 3 aliphatic heterocycles. The van der Waals surface area contributed by atoms with Crippen LogP contribution in [0.2, 0.25) is 0 Å². The molecule has 196 valence electrons. The number of carboxylic acid groups (broad SMARTS) is 1. The number of carbonyl (C=O) groups is 3. The molecule has 4 rings (SSSR count). The summed E-state index contributed by atoms with van der Waals surface area (Å²) >= 11 is 5.17. The number of carboxylic acids is 1. The second-order valence-corrected chi connectivity index (χ2v) is 12.8. The highest BCUT2D eigenvalue weighted by atomic mass is 79.9. The van der Waals surface area contributed by atoms with Crippen molar-refractivity contribution in [2.24, 2.45) is 11.8 Å². The van der Waals surface area contributed by atoms with Crippen LogP contribution in [0.15, 0.2) is 43.0 Å². The van der Waals surface area contributed by atoms with Crippen molar-refractivity contribution < 1.29 is 24.6 Å². The number of unbranched alkanes of at least 4 members (excludes halogenated alkanes) is 2. The van der Waals surface area contributed by atoms with E-state index in [9.17, 15) is 24.6 Å². The third-order valence-corrected chi connectivity index (χ3v) is 11.1. The first kappa shape index (κ1) is 27.2. The van der Waals surface area contributed by atoms with E-state index in [-0.39, 0.29) is 28.5 Å². The molecule has 2 bridgehead atoms. The first-order valence-corrected chi connectivity index (χ1v) is 14.5. The van der Waals surface area contributed by atoms with Gasteiger partial charge in [-0.25, -0.2) is 0 Å². The maximum atomic E-state index is 14.3. The Bertz CT molecular complexity index is 994. The number of aliphatic hydroxyl groups is 1. The molecule has 9 heteroatoms. The molecule has 3 saturated heterocycles. The van der Waals surface area contributed by atoms with Crippen molar-refractivity contribution in [3.63, 3.8) is 0 Å². The van der Waals surface area contributed by atoms with Crippen molar-refractivity contribution >= 4 is 45.5 Å². The third kappa shape index (κ3) is 4.63. The van der Waals surface area contributed by atoms with Crippen molar-refractivity contribution in [2.75, 3.05) is 19.7 Å². The average Bonchev–Trinajstić information content (AvgIpc) is 3.46. The van der Waals surface area contributed by atoms with E-state index in [2.05, 4.69) is 29.4 Å². The van der Waals surface area contributed by atoms with Gasteiger partial charge in [0.2, 0.25) is 11.8 Å². The number of likely N-dealkylation sites (tertiary alicyclic amines) is 1. The lowest BCUT2D eigenvalue weighted by Crippen LogP contribution is -2.58. The van der Waals surface area contributed by atoms with E-state index in [4.69, 9.17) is 0 Å². The number of alkyl halides is 1. The highest BCUT2D eigenvalue weighted by Gasteiger charge is 2.76. The molecule has 7 atom stereocenters. The average molecular weight is 580 g/mol. The Labute approximate surface area is 225 Å². The van der Waals surface area contributed by atoms with Crippen molar-refractivity contribution in [2.45, 2.75) is 65.9 Å². The van der Waals surface area contributed by atoms with Gasteiger partial charge in [-0.2, -0.15) is 0 Å². The molecule has 3 fully saturated rings. The van der Waals surface area contributed by atoms with E-state index in [1.807, 2.05) is 30.3 Å². The molecule has 3 aliphatic rings. The molecule has 1 spiro atoms. The number of fused-ring (bicyclic) bond motifs is 1. The molecule has 0 aromatic heterocycles. The first-order chi connectivity index (χ1) is 17.3. The number of benzene rings is 1. The van der Waals surface area contributed by atoms with Gasteiger partial charge in [-0.3, -0.25) is 14.4 Å². The summed E-state index contributed by atoms with van der Waals surface area (Å²) in [7, 11) is 0. The van der Waals surface area contributed by atoms with Gasteiger partial charge in [0, 0.05) is 23.2 Å². The van der Waals surface area contributed by atoms with Crippen LogP contribution in [-0.4, -0.2) is 84.4 Å². The van der Waals surface area contributed by atoms with Crippen LogP contribution in [0.25, 0.3) is 0 Å². The Kier molecular flexibility index (Phi) is 8.52. The third-order valence-electron chi connectivity index (χ3n) is 7.86. The molecule has 1 aromatic carbocycles. The topological polar surface area (TPSA) is 98.2 Å². The van der Waals surface area contributed by atoms with Gasteiger partial charge >= 0.3 is 5.97 Å². The van der Waals surface area contributed by atoms with Gasteiger partial charge < -0.3 is 20.0 Å². The zero-order valence-corrected chi connectivity index (χ0v) is 23.0. The summed E-state index contributed by atoms with van der Waals surface area (Å²) < 4.78 is -0.843. The summed E-state index contributed by atoms with van der Waals surface area (Å²) in [5.41, 5.74) is 0.945. The molecule has 3 unspecified atom stereocenters. The van der Waals surface area contributed by atoms with Crippen molar-refractivity contribution in [1.82, 2.24) is 9.80 Å². The molecule has 2 amide bonds. The normalized spacial score (nSPS) is 31.4. The molecule has 0 radical (unpaired) electrons. The number of rotatable bonds is 12. The highest BCUT2D eigenvalue weighted by Crippen LogP contribution is 2.68. The smallest absolute Gasteiger partial charge is 0.308 e. The minimum atomic E-state index is -1.00. The number of thioether (sulfide) groups is 1. The minimum absolute atomic E-state index is 0.0995. The molecule has 2 N–H and O–H groups in total. The van der Waals surface area contributed by atoms with Crippen LogP contribution in [-0.2, 0) is 20.8 Å². The zero-order chi connectivity index (χ0) is 26.0. The van der Waals surface area contributed by atoms with Gasteiger partial charge in [0.15, 0.2) is 0 Å². The quantitative estimate of drug-likeness (QED) is 0.224. The van der Waals surface area contributed by atoms with Gasteiger partial charge in [-0.15, -0.1) is 18.3 Å². The molecule has 0 saturated carbocycles. The van der Waals surface area contributed by atoms with E-state index >= 15 is 0 Å². The summed E-state index contributed by atoms with van der Waals surface area (Å²) in [6, 6.07) is 8.11. The van der Waals surface area contributed by atoms with E-state index in [1.54, 1.807) is 15.9 Å². The van der Waals surface area contributed by atoms with Crippen molar-refractivity contribution in [3.8, 4) is 0 Å². The van der Waals surface area contributed by atoms with Crippen LogP contribution in [0, 0.1) is 11.8 Å². The van der Waals surface area contributed by atoms with Gasteiger partial charge in [0.1, 0.15) is 6.04 Å². The predicted molar refractivity (Wildman–Crippen MR) is 144 cm³/mol. The molecule has 0 aliphatic carbocycles. The predicted octanol–water partition coefficient (Wildman–Crippen LogP) is 3.34. The molecular formula is C27H35BrN2O5S. The van der Waals surface area contributed by atoms with Crippen molar-refractivity contribution in [3.05, 3.63) is 48.6 Å². The fraction of sp³-hybridized carbons (Fsp3) is 0.593. The number of carbonyl (C=O) groups excluding carboxylic acids is 2. The molecule has 1 aromatic rings. The summed E-state index contributed by atoms with van der Waals surface area (Å²) in [5, 5.41) is 20.3. The summed E-state index contributed by atoms with van der Waals surface area (Å²) in [6.07, 6.45) is 5.46. The van der Waals surface area contributed by atoms with Crippen LogP contribution in [0.3, 0.4) is 0 Å². The van der Waals surface area contributed by atoms with Crippen LogP contribution < -0.4 is 0 Å². The molecular weight excluding hydrogens is 544 g/mol. The minimum Gasteiger partial charge on any atom is -0.481 e. The first-order valence-electron chi connectivity index (χ1n) is 12.7. The van der Waals surface area contributed by atoms with Crippen LogP contribution in [0.5, 0.6) is 0 Å². The maximum absolute atomic E-state index is 14.3. The van der Waals surface area contributed by atoms with Gasteiger partial charge in [0.05, 0.1) is 29.2 Å². The van der Waals surface area contributed by atoms with Crippen LogP contribution in [0.1, 0.15) is 38.2 Å². The van der Waals surface area contributed by atoms with E-state index in [1.165, 1.54) is 11.8 Å². The largest absolute Gasteiger partial charge is 0.481 e. The molecule has 3 heterocycles. The lowest BCUT2D eigenvalue weighted by atomic mass is 9.71. The number of hydrogen-bond acceptors (Lipinski definition) is 5. The number of hydrogen-bond donors (Lipinski definition) is 2. The lowest BCUT2D eigenvalue weighted by Gasteiger charge is -2.40. The number of halogens is 1. The maximum Gasteiger partial charge on any atom is 0.308 e. The van der Waals surface area contributed by atoms with Crippen molar-refractivity contribution in [1.29, 1.82) is 0 Å². The Morgan fingerprint density at radius 2 is 2.06 bits per heavy atom. The van der Waals surface area contributed by atoms with E-state index in [0.29, 0.717) is 25.9 Å². The monoisotopic (exact) mass is 578 g/mol. The second kappa shape index (κ2) is 11.3. The Balaban J connectivity index is 1.77. The Hall–Kier alpha value is -1.84. The summed E-state index contributed by atoms with van der Waals surface area (Å²) in [5.74, 6) is -3.16.